The van der Waals surface area contributed by atoms with Gasteiger partial charge in [0, 0.05) is 12.4 Å². The van der Waals surface area contributed by atoms with Crippen LogP contribution in [0.3, 0.4) is 0 Å². The molecule has 2 rings (SSSR count). The predicted molar refractivity (Wildman–Crippen MR) is 64.8 cm³/mol. The van der Waals surface area contributed by atoms with Crippen LogP contribution in [-0.4, -0.2) is 21.3 Å². The van der Waals surface area contributed by atoms with Crippen molar-refractivity contribution in [1.82, 2.24) is 9.55 Å². The van der Waals surface area contributed by atoms with Gasteiger partial charge in [-0.15, -0.1) is 0 Å². The Morgan fingerprint density at radius 3 is 2.89 bits per heavy atom. The first-order valence-corrected chi connectivity index (χ1v) is 5.70. The molecule has 0 fully saturated rings. The Labute approximate surface area is 105 Å². The van der Waals surface area contributed by atoms with Crippen LogP contribution in [0.5, 0.6) is 5.75 Å². The van der Waals surface area contributed by atoms with Gasteiger partial charge in [-0.05, 0) is 24.6 Å². The van der Waals surface area contributed by atoms with Crippen LogP contribution >= 0.6 is 0 Å². The van der Waals surface area contributed by atoms with Gasteiger partial charge >= 0.3 is 0 Å². The first kappa shape index (κ1) is 12.6. The number of imidazole rings is 1. The van der Waals surface area contributed by atoms with Crippen LogP contribution in [0.25, 0.3) is 0 Å². The minimum Gasteiger partial charge on any atom is -0.489 e. The number of rotatable bonds is 5. The zero-order chi connectivity index (χ0) is 13.0. The van der Waals surface area contributed by atoms with Gasteiger partial charge in [0.1, 0.15) is 12.4 Å². The summed E-state index contributed by atoms with van der Waals surface area (Å²) in [5, 5.41) is 8.87. The lowest BCUT2D eigenvalue weighted by molar-refractivity contribution is 0.274. The maximum absolute atomic E-state index is 13.5. The highest BCUT2D eigenvalue weighted by molar-refractivity contribution is 5.28. The lowest BCUT2D eigenvalue weighted by atomic mass is 10.2. The number of halogens is 1. The SMILES string of the molecule is Cc1nccn1CCOc1ccc(CO)cc1F. The monoisotopic (exact) mass is 250 g/mol. The summed E-state index contributed by atoms with van der Waals surface area (Å²) in [5.74, 6) is 0.642. The summed E-state index contributed by atoms with van der Waals surface area (Å²) in [5.41, 5.74) is 0.533. The fourth-order valence-corrected chi connectivity index (χ4v) is 1.65. The number of aromatic nitrogens is 2. The van der Waals surface area contributed by atoms with Crippen LogP contribution < -0.4 is 4.74 Å². The molecule has 1 aromatic heterocycles. The average Bonchev–Trinajstić information content (AvgIpc) is 2.77. The Morgan fingerprint density at radius 2 is 2.28 bits per heavy atom. The second-order valence-corrected chi connectivity index (χ2v) is 3.94. The molecule has 0 aliphatic rings. The third-order valence-electron chi connectivity index (χ3n) is 2.69. The normalized spacial score (nSPS) is 10.6. The smallest absolute Gasteiger partial charge is 0.165 e. The number of ether oxygens (including phenoxy) is 1. The van der Waals surface area contributed by atoms with Crippen LogP contribution in [0.15, 0.2) is 30.6 Å². The van der Waals surface area contributed by atoms with E-state index in [4.69, 9.17) is 9.84 Å². The second kappa shape index (κ2) is 5.64. The topological polar surface area (TPSA) is 47.3 Å². The second-order valence-electron chi connectivity index (χ2n) is 3.94. The summed E-state index contributed by atoms with van der Waals surface area (Å²) >= 11 is 0. The van der Waals surface area contributed by atoms with E-state index in [0.717, 1.165) is 5.82 Å². The highest BCUT2D eigenvalue weighted by atomic mass is 19.1. The number of aryl methyl sites for hydroxylation is 1. The molecule has 1 N–H and O–H groups in total. The molecule has 0 amide bonds. The van der Waals surface area contributed by atoms with Gasteiger partial charge in [-0.1, -0.05) is 6.07 Å². The molecular weight excluding hydrogens is 235 g/mol. The van der Waals surface area contributed by atoms with Gasteiger partial charge in [-0.3, -0.25) is 0 Å². The Hall–Kier alpha value is -1.88. The summed E-state index contributed by atoms with van der Waals surface area (Å²) in [6.45, 7) is 2.71. The summed E-state index contributed by atoms with van der Waals surface area (Å²) in [7, 11) is 0. The van der Waals surface area contributed by atoms with Crippen molar-refractivity contribution >= 4 is 0 Å². The highest BCUT2D eigenvalue weighted by Gasteiger charge is 2.04. The van der Waals surface area contributed by atoms with E-state index in [1.165, 1.54) is 12.1 Å². The van der Waals surface area contributed by atoms with Crippen LogP contribution in [0.2, 0.25) is 0 Å². The zero-order valence-electron chi connectivity index (χ0n) is 10.1. The lowest BCUT2D eigenvalue weighted by Gasteiger charge is -2.09. The van der Waals surface area contributed by atoms with E-state index in [2.05, 4.69) is 4.98 Å². The number of aliphatic hydroxyl groups is 1. The van der Waals surface area contributed by atoms with E-state index in [1.54, 1.807) is 12.3 Å². The zero-order valence-corrected chi connectivity index (χ0v) is 10.1. The maximum Gasteiger partial charge on any atom is 0.165 e. The molecule has 0 aliphatic heterocycles. The molecule has 1 heterocycles. The summed E-state index contributed by atoms with van der Waals surface area (Å²) in [6, 6.07) is 4.44. The van der Waals surface area contributed by atoms with Crippen molar-refractivity contribution in [3.05, 3.63) is 47.8 Å². The first-order chi connectivity index (χ1) is 8.70. The molecule has 2 aromatic rings. The van der Waals surface area contributed by atoms with Crippen LogP contribution in [-0.2, 0) is 13.2 Å². The van der Waals surface area contributed by atoms with E-state index >= 15 is 0 Å². The van der Waals surface area contributed by atoms with Crippen molar-refractivity contribution in [3.8, 4) is 5.75 Å². The van der Waals surface area contributed by atoms with Gasteiger partial charge in [0.05, 0.1) is 13.2 Å². The Balaban J connectivity index is 1.92. The van der Waals surface area contributed by atoms with E-state index in [1.807, 2.05) is 17.7 Å². The molecule has 18 heavy (non-hydrogen) atoms. The molecule has 0 bridgehead atoms. The van der Waals surface area contributed by atoms with Crippen molar-refractivity contribution in [1.29, 1.82) is 0 Å². The van der Waals surface area contributed by atoms with Crippen molar-refractivity contribution in [2.45, 2.75) is 20.1 Å². The lowest BCUT2D eigenvalue weighted by Crippen LogP contribution is -2.09. The largest absolute Gasteiger partial charge is 0.489 e. The van der Waals surface area contributed by atoms with Crippen LogP contribution in [0, 0.1) is 12.7 Å². The molecule has 0 spiro atoms. The molecular formula is C13H15FN2O2. The fourth-order valence-electron chi connectivity index (χ4n) is 1.65. The van der Waals surface area contributed by atoms with Gasteiger partial charge in [0.25, 0.3) is 0 Å². The minimum absolute atomic E-state index is 0.175. The predicted octanol–water partition coefficient (Wildman–Crippen LogP) is 1.90. The molecule has 0 unspecified atom stereocenters. The number of hydrogen-bond donors (Lipinski definition) is 1. The molecule has 0 saturated heterocycles. The standard InChI is InChI=1S/C13H15FN2O2/c1-10-15-4-5-16(10)6-7-18-13-3-2-11(9-17)8-12(13)14/h2-5,8,17H,6-7,9H2,1H3. The van der Waals surface area contributed by atoms with Gasteiger partial charge < -0.3 is 14.4 Å². The molecule has 0 aliphatic carbocycles. The van der Waals surface area contributed by atoms with Crippen molar-refractivity contribution in [2.75, 3.05) is 6.61 Å². The molecule has 5 heteroatoms. The van der Waals surface area contributed by atoms with Crippen molar-refractivity contribution in [3.63, 3.8) is 0 Å². The molecule has 0 radical (unpaired) electrons. The first-order valence-electron chi connectivity index (χ1n) is 5.70. The van der Waals surface area contributed by atoms with Gasteiger partial charge in [0.2, 0.25) is 0 Å². The fraction of sp³-hybridized carbons (Fsp3) is 0.308. The van der Waals surface area contributed by atoms with Crippen molar-refractivity contribution < 1.29 is 14.2 Å². The summed E-state index contributed by atoms with van der Waals surface area (Å²) < 4.78 is 20.8. The Kier molecular flexibility index (Phi) is 3.94. The van der Waals surface area contributed by atoms with Crippen molar-refractivity contribution in [2.24, 2.45) is 0 Å². The third-order valence-corrected chi connectivity index (χ3v) is 2.69. The summed E-state index contributed by atoms with van der Waals surface area (Å²) in [6.07, 6.45) is 3.57. The van der Waals surface area contributed by atoms with Crippen LogP contribution in [0.4, 0.5) is 4.39 Å². The highest BCUT2D eigenvalue weighted by Crippen LogP contribution is 2.18. The molecule has 0 saturated carbocycles. The van der Waals surface area contributed by atoms with Gasteiger partial charge in [-0.2, -0.15) is 0 Å². The van der Waals surface area contributed by atoms with E-state index in [0.29, 0.717) is 18.7 Å². The number of benzene rings is 1. The minimum atomic E-state index is -0.455. The molecule has 4 nitrogen and oxygen atoms in total. The summed E-state index contributed by atoms with van der Waals surface area (Å²) in [4.78, 5) is 4.09. The third kappa shape index (κ3) is 2.87. The van der Waals surface area contributed by atoms with E-state index in [-0.39, 0.29) is 12.4 Å². The number of nitrogens with zero attached hydrogens (tertiary/aromatic N) is 2. The van der Waals surface area contributed by atoms with Crippen LogP contribution in [0.1, 0.15) is 11.4 Å². The van der Waals surface area contributed by atoms with E-state index in [9.17, 15) is 4.39 Å². The average molecular weight is 250 g/mol. The maximum atomic E-state index is 13.5. The van der Waals surface area contributed by atoms with E-state index < -0.39 is 5.82 Å². The molecule has 0 atom stereocenters. The molecule has 96 valence electrons. The quantitative estimate of drug-likeness (QED) is 0.881. The molecule has 1 aromatic carbocycles. The Bertz CT molecular complexity index is 525. The van der Waals surface area contributed by atoms with Gasteiger partial charge in [0.15, 0.2) is 11.6 Å². The Morgan fingerprint density at radius 1 is 1.44 bits per heavy atom. The number of hydrogen-bond acceptors (Lipinski definition) is 3. The van der Waals surface area contributed by atoms with Gasteiger partial charge in [-0.25, -0.2) is 9.37 Å². The number of aliphatic hydroxyl groups excluding tert-OH is 1.